The average Bonchev–Trinajstić information content (AvgIpc) is 3.35. The van der Waals surface area contributed by atoms with Crippen molar-refractivity contribution < 1.29 is 9.21 Å². The number of nitrogens with one attached hydrogen (secondary N) is 1. The summed E-state index contributed by atoms with van der Waals surface area (Å²) >= 11 is 0. The Morgan fingerprint density at radius 3 is 2.42 bits per heavy atom. The van der Waals surface area contributed by atoms with E-state index in [-0.39, 0.29) is 17.2 Å². The normalized spacial score (nSPS) is 11.1. The molecule has 2 aromatic carbocycles. The van der Waals surface area contributed by atoms with Gasteiger partial charge in [-0.1, -0.05) is 36.4 Å². The molecular weight excluding hydrogens is 416 g/mol. The van der Waals surface area contributed by atoms with Crippen LogP contribution in [0.3, 0.4) is 0 Å². The van der Waals surface area contributed by atoms with Gasteiger partial charge < -0.3 is 9.73 Å². The summed E-state index contributed by atoms with van der Waals surface area (Å²) in [5.74, 6) is 0.950. The number of carbonyl (C=O) groups is 1. The Morgan fingerprint density at radius 1 is 0.970 bits per heavy atom. The molecule has 0 radical (unpaired) electrons. The van der Waals surface area contributed by atoms with Crippen LogP contribution in [0.1, 0.15) is 21.8 Å². The van der Waals surface area contributed by atoms with Crippen LogP contribution in [0.25, 0.3) is 28.0 Å². The van der Waals surface area contributed by atoms with E-state index in [1.807, 2.05) is 73.7 Å². The number of aromatic nitrogens is 3. The lowest BCUT2D eigenvalue weighted by Crippen LogP contribution is -2.23. The van der Waals surface area contributed by atoms with Crippen molar-refractivity contribution in [3.63, 3.8) is 0 Å². The van der Waals surface area contributed by atoms with Crippen molar-refractivity contribution in [2.45, 2.75) is 13.8 Å². The van der Waals surface area contributed by atoms with Gasteiger partial charge in [-0.05, 0) is 50.2 Å². The highest BCUT2D eigenvalue weighted by molar-refractivity contribution is 6.13. The first-order valence-electron chi connectivity index (χ1n) is 10.6. The van der Waals surface area contributed by atoms with Gasteiger partial charge in [-0.15, -0.1) is 0 Å². The van der Waals surface area contributed by atoms with E-state index in [1.54, 1.807) is 24.7 Å². The first-order chi connectivity index (χ1) is 15.9. The van der Waals surface area contributed by atoms with Gasteiger partial charge in [0.2, 0.25) is 0 Å². The second-order valence-corrected chi connectivity index (χ2v) is 7.87. The smallest absolute Gasteiger partial charge is 0.295 e. The Hall–Kier alpha value is -4.39. The topological polar surface area (TPSA) is 82.1 Å². The average molecular weight is 438 g/mol. The molecule has 0 aliphatic rings. The van der Waals surface area contributed by atoms with Crippen molar-refractivity contribution in [1.82, 2.24) is 14.3 Å². The third kappa shape index (κ3) is 3.53. The molecule has 0 bridgehead atoms. The summed E-state index contributed by atoms with van der Waals surface area (Å²) in [6.45, 7) is 3.66. The minimum atomic E-state index is -0.385. The molecule has 0 saturated carbocycles. The van der Waals surface area contributed by atoms with Crippen molar-refractivity contribution in [3.05, 3.63) is 100 Å². The van der Waals surface area contributed by atoms with Crippen LogP contribution in [-0.4, -0.2) is 20.3 Å². The van der Waals surface area contributed by atoms with Gasteiger partial charge >= 0.3 is 0 Å². The minimum Gasteiger partial charge on any atom is -0.460 e. The monoisotopic (exact) mass is 438 g/mol. The summed E-state index contributed by atoms with van der Waals surface area (Å²) in [6, 6.07) is 22.1. The molecule has 5 aromatic rings. The van der Waals surface area contributed by atoms with Gasteiger partial charge in [0.25, 0.3) is 11.5 Å². The first-order valence-corrected chi connectivity index (χ1v) is 10.6. The molecule has 7 heteroatoms. The zero-order chi connectivity index (χ0) is 23.1. The number of aryl methyl sites for hydroxylation is 1. The Morgan fingerprint density at radius 2 is 1.70 bits per heavy atom. The van der Waals surface area contributed by atoms with E-state index >= 15 is 0 Å². The number of pyridine rings is 1. The highest BCUT2D eigenvalue weighted by Gasteiger charge is 2.21. The van der Waals surface area contributed by atoms with E-state index in [9.17, 15) is 9.59 Å². The van der Waals surface area contributed by atoms with Gasteiger partial charge in [-0.2, -0.15) is 0 Å². The van der Waals surface area contributed by atoms with E-state index in [1.165, 1.54) is 4.68 Å². The predicted molar refractivity (Wildman–Crippen MR) is 128 cm³/mol. The number of furan rings is 1. The molecule has 0 atom stereocenters. The van der Waals surface area contributed by atoms with E-state index in [2.05, 4.69) is 10.3 Å². The zero-order valence-corrected chi connectivity index (χ0v) is 18.5. The zero-order valence-electron chi connectivity index (χ0n) is 18.5. The second-order valence-electron chi connectivity index (χ2n) is 7.87. The van der Waals surface area contributed by atoms with Crippen molar-refractivity contribution in [3.8, 4) is 17.1 Å². The van der Waals surface area contributed by atoms with Crippen molar-refractivity contribution in [1.29, 1.82) is 0 Å². The number of rotatable bonds is 4. The number of benzene rings is 2. The molecule has 0 saturated heterocycles. The van der Waals surface area contributed by atoms with Crippen LogP contribution in [0.15, 0.2) is 82.0 Å². The Kier molecular flexibility index (Phi) is 4.94. The second kappa shape index (κ2) is 7.94. The molecule has 33 heavy (non-hydrogen) atoms. The molecule has 3 heterocycles. The molecule has 5 rings (SSSR count). The van der Waals surface area contributed by atoms with Gasteiger partial charge in [0, 0.05) is 12.4 Å². The molecule has 0 unspecified atom stereocenters. The molecule has 0 aliphatic carbocycles. The Balaban J connectivity index is 1.60. The molecular formula is C26H22N4O3. The fourth-order valence-corrected chi connectivity index (χ4v) is 3.95. The summed E-state index contributed by atoms with van der Waals surface area (Å²) < 4.78 is 8.99. The summed E-state index contributed by atoms with van der Waals surface area (Å²) in [6.07, 6.45) is 0. The van der Waals surface area contributed by atoms with Gasteiger partial charge in [0.05, 0.1) is 22.5 Å². The molecule has 0 fully saturated rings. The number of amides is 1. The third-order valence-corrected chi connectivity index (χ3v) is 5.75. The maximum absolute atomic E-state index is 13.5. The lowest BCUT2D eigenvalue weighted by atomic mass is 10.1. The van der Waals surface area contributed by atoms with Crippen LogP contribution in [-0.2, 0) is 7.05 Å². The largest absolute Gasteiger partial charge is 0.460 e. The Bertz CT molecular complexity index is 1560. The number of fused-ring (bicyclic) bond motifs is 1. The summed E-state index contributed by atoms with van der Waals surface area (Å²) in [4.78, 5) is 31.3. The van der Waals surface area contributed by atoms with Gasteiger partial charge in [-0.25, -0.2) is 9.67 Å². The summed E-state index contributed by atoms with van der Waals surface area (Å²) in [7, 11) is 1.79. The maximum Gasteiger partial charge on any atom is 0.295 e. The molecule has 0 spiro atoms. The van der Waals surface area contributed by atoms with Gasteiger partial charge in [0.15, 0.2) is 5.76 Å². The highest BCUT2D eigenvalue weighted by atomic mass is 16.3. The minimum absolute atomic E-state index is 0.239. The molecule has 1 amide bonds. The predicted octanol–water partition coefficient (Wildman–Crippen LogP) is 4.85. The van der Waals surface area contributed by atoms with Crippen molar-refractivity contribution in [2.24, 2.45) is 7.05 Å². The number of hydrogen-bond acceptors (Lipinski definition) is 4. The SMILES string of the molecule is Cc1ccc(-c2cc(C(=O)Nc3c(C)n(C)n(-c4ccccc4)c3=O)c3ccccc3n2)o1. The van der Waals surface area contributed by atoms with Crippen LogP contribution < -0.4 is 10.9 Å². The number of carbonyl (C=O) groups excluding carboxylic acids is 1. The van der Waals surface area contributed by atoms with Crippen LogP contribution in [0.2, 0.25) is 0 Å². The first kappa shape index (κ1) is 20.5. The fourth-order valence-electron chi connectivity index (χ4n) is 3.95. The van der Waals surface area contributed by atoms with Crippen LogP contribution in [0.5, 0.6) is 0 Å². The number of hydrogen-bond donors (Lipinski definition) is 1. The molecule has 1 N–H and O–H groups in total. The van der Waals surface area contributed by atoms with Crippen molar-refractivity contribution in [2.75, 3.05) is 5.32 Å². The van der Waals surface area contributed by atoms with Crippen LogP contribution in [0, 0.1) is 13.8 Å². The number of para-hydroxylation sites is 2. The van der Waals surface area contributed by atoms with Crippen LogP contribution in [0.4, 0.5) is 5.69 Å². The van der Waals surface area contributed by atoms with E-state index in [0.29, 0.717) is 33.6 Å². The summed E-state index contributed by atoms with van der Waals surface area (Å²) in [5.41, 5.74) is 2.95. The lowest BCUT2D eigenvalue weighted by molar-refractivity contribution is 0.102. The maximum atomic E-state index is 13.5. The quantitative estimate of drug-likeness (QED) is 0.435. The number of nitrogens with zero attached hydrogens (tertiary/aromatic N) is 3. The van der Waals surface area contributed by atoms with Gasteiger partial charge in [-0.3, -0.25) is 14.3 Å². The van der Waals surface area contributed by atoms with Crippen LogP contribution >= 0.6 is 0 Å². The van der Waals surface area contributed by atoms with Gasteiger partial charge in [0.1, 0.15) is 17.1 Å². The molecule has 7 nitrogen and oxygen atoms in total. The fraction of sp³-hybridized carbons (Fsp3) is 0.115. The van der Waals surface area contributed by atoms with E-state index in [4.69, 9.17) is 4.42 Å². The Labute approximate surface area is 189 Å². The summed E-state index contributed by atoms with van der Waals surface area (Å²) in [5, 5.41) is 3.54. The highest BCUT2D eigenvalue weighted by Crippen LogP contribution is 2.27. The van der Waals surface area contributed by atoms with Crippen molar-refractivity contribution >= 4 is 22.5 Å². The third-order valence-electron chi connectivity index (χ3n) is 5.75. The molecule has 164 valence electrons. The van der Waals surface area contributed by atoms with E-state index in [0.717, 1.165) is 11.4 Å². The molecule has 0 aliphatic heterocycles. The molecule has 3 aromatic heterocycles. The van der Waals surface area contributed by atoms with E-state index < -0.39 is 0 Å². The lowest BCUT2D eigenvalue weighted by Gasteiger charge is -2.09. The standard InChI is InChI=1S/C26H22N4O3/c1-16-13-14-23(33-16)22-15-20(19-11-7-8-12-21(19)27-22)25(31)28-24-17(2)29(3)30(26(24)32)18-9-5-4-6-10-18/h4-15H,1-3H3,(H,28,31). The number of anilines is 1.